The van der Waals surface area contributed by atoms with Gasteiger partial charge >= 0.3 is 0 Å². The van der Waals surface area contributed by atoms with E-state index in [4.69, 9.17) is 0 Å². The third kappa shape index (κ3) is 3.60. The molecule has 0 saturated carbocycles. The van der Waals surface area contributed by atoms with E-state index in [1.54, 1.807) is 6.20 Å². The van der Waals surface area contributed by atoms with Crippen molar-refractivity contribution in [2.45, 2.75) is 26.9 Å². The molecule has 0 atom stereocenters. The van der Waals surface area contributed by atoms with Crippen LogP contribution < -0.4 is 5.32 Å². The molecule has 0 aliphatic heterocycles. The highest BCUT2D eigenvalue weighted by Gasteiger charge is 2.07. The molecule has 0 aliphatic carbocycles. The van der Waals surface area contributed by atoms with E-state index in [2.05, 4.69) is 15.4 Å². The van der Waals surface area contributed by atoms with Crippen molar-refractivity contribution < 1.29 is 4.79 Å². The normalized spacial score (nSPS) is 11.0. The van der Waals surface area contributed by atoms with Gasteiger partial charge in [0.25, 0.3) is 0 Å². The molecule has 1 amide bonds. The summed E-state index contributed by atoms with van der Waals surface area (Å²) in [7, 11) is 0. The maximum Gasteiger partial charge on any atom is 0.240 e. The van der Waals surface area contributed by atoms with Crippen molar-refractivity contribution in [1.29, 1.82) is 0 Å². The molecule has 0 bridgehead atoms. The molecule has 3 aromatic heterocycles. The first kappa shape index (κ1) is 17.0. The minimum atomic E-state index is -0.0287. The number of hydrogen-bond donors (Lipinski definition) is 1. The van der Waals surface area contributed by atoms with E-state index in [0.29, 0.717) is 13.1 Å². The smallest absolute Gasteiger partial charge is 0.240 e. The largest absolute Gasteiger partial charge is 0.350 e. The van der Waals surface area contributed by atoms with Gasteiger partial charge in [-0.05, 0) is 49.1 Å². The van der Waals surface area contributed by atoms with Gasteiger partial charge in [0, 0.05) is 30.1 Å². The summed E-state index contributed by atoms with van der Waals surface area (Å²) in [5.41, 5.74) is 4.01. The van der Waals surface area contributed by atoms with Crippen LogP contribution in [0.3, 0.4) is 0 Å². The first-order chi connectivity index (χ1) is 13.1. The van der Waals surface area contributed by atoms with Crippen LogP contribution in [0.1, 0.15) is 17.0 Å². The van der Waals surface area contributed by atoms with Crippen LogP contribution in [-0.4, -0.2) is 25.2 Å². The molecule has 136 valence electrons. The van der Waals surface area contributed by atoms with Crippen molar-refractivity contribution in [3.63, 3.8) is 0 Å². The Balaban J connectivity index is 1.38. The van der Waals surface area contributed by atoms with Crippen LogP contribution in [0.15, 0.2) is 60.9 Å². The Morgan fingerprint density at radius 3 is 2.70 bits per heavy atom. The molecule has 4 aromatic rings. The van der Waals surface area contributed by atoms with E-state index in [0.717, 1.165) is 33.7 Å². The summed E-state index contributed by atoms with van der Waals surface area (Å²) in [5, 5.41) is 8.52. The van der Waals surface area contributed by atoms with Crippen molar-refractivity contribution in [3.05, 3.63) is 77.9 Å². The summed E-state index contributed by atoms with van der Waals surface area (Å²) in [5.74, 6) is 0.744. The zero-order valence-corrected chi connectivity index (χ0v) is 15.4. The minimum absolute atomic E-state index is 0.0287. The number of hydrogen-bond acceptors (Lipinski definition) is 3. The zero-order valence-electron chi connectivity index (χ0n) is 15.4. The van der Waals surface area contributed by atoms with Crippen molar-refractivity contribution in [2.75, 3.05) is 0 Å². The number of carbonyl (C=O) groups excluding carboxylic acids is 1. The lowest BCUT2D eigenvalue weighted by Crippen LogP contribution is -2.26. The summed E-state index contributed by atoms with van der Waals surface area (Å²) in [6.45, 7) is 4.70. The number of aromatic nitrogens is 4. The third-order valence-corrected chi connectivity index (χ3v) is 4.52. The second-order valence-electron chi connectivity index (χ2n) is 6.64. The molecule has 6 heteroatoms. The first-order valence-electron chi connectivity index (χ1n) is 8.89. The number of nitrogens with zero attached hydrogens (tertiary/aromatic N) is 4. The Morgan fingerprint density at radius 1 is 1.11 bits per heavy atom. The number of amides is 1. The topological polar surface area (TPSA) is 64.7 Å². The van der Waals surface area contributed by atoms with Crippen molar-refractivity contribution in [1.82, 2.24) is 24.6 Å². The lowest BCUT2D eigenvalue weighted by atomic mass is 10.2. The molecule has 4 rings (SSSR count). The number of benzene rings is 1. The fourth-order valence-electron chi connectivity index (χ4n) is 3.20. The number of carbonyl (C=O) groups is 1. The molecular weight excluding hydrogens is 338 g/mol. The van der Waals surface area contributed by atoms with Gasteiger partial charge in [-0.2, -0.15) is 5.10 Å². The maximum atomic E-state index is 12.3. The van der Waals surface area contributed by atoms with E-state index in [9.17, 15) is 4.79 Å². The van der Waals surface area contributed by atoms with Crippen LogP contribution in [0.2, 0.25) is 0 Å². The van der Waals surface area contributed by atoms with E-state index in [1.807, 2.05) is 77.8 Å². The highest BCUT2D eigenvalue weighted by Crippen LogP contribution is 2.15. The molecule has 0 radical (unpaired) electrons. The van der Waals surface area contributed by atoms with Crippen LogP contribution in [0.5, 0.6) is 0 Å². The lowest BCUT2D eigenvalue weighted by molar-refractivity contribution is -0.121. The van der Waals surface area contributed by atoms with Crippen LogP contribution in [0.4, 0.5) is 0 Å². The number of nitrogens with one attached hydrogen (secondary N) is 1. The van der Waals surface area contributed by atoms with Crippen molar-refractivity contribution in [2.24, 2.45) is 0 Å². The van der Waals surface area contributed by atoms with E-state index in [-0.39, 0.29) is 5.91 Å². The molecule has 1 aromatic carbocycles. The number of para-hydroxylation sites is 1. The number of rotatable bonds is 5. The fraction of sp³-hybridized carbons (Fsp3) is 0.190. The van der Waals surface area contributed by atoms with Gasteiger partial charge < -0.3 is 9.88 Å². The molecule has 0 aliphatic rings. The van der Waals surface area contributed by atoms with Gasteiger partial charge in [0.15, 0.2) is 5.82 Å². The summed E-state index contributed by atoms with van der Waals surface area (Å²) in [4.78, 5) is 16.8. The highest BCUT2D eigenvalue weighted by molar-refractivity contribution is 5.83. The van der Waals surface area contributed by atoms with Crippen LogP contribution in [0.25, 0.3) is 16.7 Å². The molecule has 0 spiro atoms. The summed E-state index contributed by atoms with van der Waals surface area (Å²) >= 11 is 0. The Morgan fingerprint density at radius 2 is 1.96 bits per heavy atom. The summed E-state index contributed by atoms with van der Waals surface area (Å²) in [6, 6.07) is 15.9. The van der Waals surface area contributed by atoms with Gasteiger partial charge in [0.05, 0.1) is 5.69 Å². The first-order valence-corrected chi connectivity index (χ1v) is 8.89. The highest BCUT2D eigenvalue weighted by atomic mass is 16.1. The van der Waals surface area contributed by atoms with Crippen LogP contribution in [-0.2, 0) is 17.9 Å². The minimum Gasteiger partial charge on any atom is -0.350 e. The van der Waals surface area contributed by atoms with Crippen LogP contribution >= 0.6 is 0 Å². The van der Waals surface area contributed by atoms with E-state index in [1.165, 1.54) is 0 Å². The molecular formula is C21H21N5O. The molecule has 0 saturated heterocycles. The summed E-state index contributed by atoms with van der Waals surface area (Å²) < 4.78 is 3.77. The number of fused-ring (bicyclic) bond motifs is 1. The van der Waals surface area contributed by atoms with Gasteiger partial charge in [0.1, 0.15) is 6.54 Å². The standard InChI is InChI=1S/C21H21N5O/c1-15-11-16(2)26(24-15)20-8-7-17(12-22-20)13-23-21(27)14-25-10-9-18-5-3-4-6-19(18)25/h3-12H,13-14H2,1-2H3,(H,23,27). The second-order valence-corrected chi connectivity index (χ2v) is 6.64. The lowest BCUT2D eigenvalue weighted by Gasteiger charge is -2.08. The molecule has 0 fully saturated rings. The van der Waals surface area contributed by atoms with Gasteiger partial charge in [-0.3, -0.25) is 4.79 Å². The third-order valence-electron chi connectivity index (χ3n) is 4.52. The SMILES string of the molecule is Cc1cc(C)n(-c2ccc(CNC(=O)Cn3ccc4ccccc43)cn2)n1. The fourth-order valence-corrected chi connectivity index (χ4v) is 3.20. The van der Waals surface area contributed by atoms with Gasteiger partial charge in [0.2, 0.25) is 5.91 Å². The average Bonchev–Trinajstić information content (AvgIpc) is 3.23. The monoisotopic (exact) mass is 359 g/mol. The quantitative estimate of drug-likeness (QED) is 0.595. The zero-order chi connectivity index (χ0) is 18.8. The Hall–Kier alpha value is -3.41. The predicted molar refractivity (Wildman–Crippen MR) is 105 cm³/mol. The Labute approximate surface area is 157 Å². The molecule has 27 heavy (non-hydrogen) atoms. The average molecular weight is 359 g/mol. The predicted octanol–water partition coefficient (Wildman–Crippen LogP) is 3.16. The van der Waals surface area contributed by atoms with E-state index >= 15 is 0 Å². The van der Waals surface area contributed by atoms with Crippen molar-refractivity contribution in [3.8, 4) is 5.82 Å². The number of pyridine rings is 1. The molecule has 1 N–H and O–H groups in total. The van der Waals surface area contributed by atoms with E-state index < -0.39 is 0 Å². The van der Waals surface area contributed by atoms with Crippen LogP contribution in [0, 0.1) is 13.8 Å². The van der Waals surface area contributed by atoms with Gasteiger partial charge in [-0.15, -0.1) is 0 Å². The summed E-state index contributed by atoms with van der Waals surface area (Å²) in [6.07, 6.45) is 3.71. The van der Waals surface area contributed by atoms with Gasteiger partial charge in [-0.25, -0.2) is 9.67 Å². The molecule has 3 heterocycles. The molecule has 6 nitrogen and oxygen atoms in total. The number of aryl methyl sites for hydroxylation is 2. The Kier molecular flexibility index (Phi) is 4.46. The second kappa shape index (κ2) is 7.07. The Bertz CT molecular complexity index is 1090. The van der Waals surface area contributed by atoms with Crippen molar-refractivity contribution >= 4 is 16.8 Å². The molecule has 0 unspecified atom stereocenters. The maximum absolute atomic E-state index is 12.3. The van der Waals surface area contributed by atoms with Gasteiger partial charge in [-0.1, -0.05) is 24.3 Å².